The van der Waals surface area contributed by atoms with E-state index in [1.807, 2.05) is 30.3 Å². The van der Waals surface area contributed by atoms with E-state index in [1.54, 1.807) is 35.6 Å². The lowest BCUT2D eigenvalue weighted by Crippen LogP contribution is -2.12. The third-order valence-electron chi connectivity index (χ3n) is 3.93. The van der Waals surface area contributed by atoms with E-state index in [0.717, 1.165) is 19.5 Å². The van der Waals surface area contributed by atoms with Crippen molar-refractivity contribution in [1.82, 2.24) is 4.98 Å². The maximum atomic E-state index is 12.6. The lowest BCUT2D eigenvalue weighted by atomic mass is 10.2. The largest absolute Gasteiger partial charge is 0.506 e. The zero-order valence-electron chi connectivity index (χ0n) is 14.4. The summed E-state index contributed by atoms with van der Waals surface area (Å²) >= 11 is 16.1. The van der Waals surface area contributed by atoms with Crippen LogP contribution in [0.25, 0.3) is 10.2 Å². The number of benzene rings is 3. The molecule has 0 aliphatic carbocycles. The Morgan fingerprint density at radius 2 is 1.93 bits per heavy atom. The number of rotatable bonds is 4. The highest BCUT2D eigenvalue weighted by atomic mass is 79.9. The molecule has 0 saturated heterocycles. The molecule has 0 aliphatic heterocycles. The maximum absolute atomic E-state index is 12.6. The highest BCUT2D eigenvalue weighted by Gasteiger charge is 2.16. The Bertz CT molecular complexity index is 1210. The Kier molecular flexibility index (Phi) is 6.17. The van der Waals surface area contributed by atoms with Gasteiger partial charge in [0.25, 0.3) is 5.91 Å². The lowest BCUT2D eigenvalue weighted by Gasteiger charge is -2.10. The molecule has 0 unspecified atom stereocenters. The molecule has 0 fully saturated rings. The predicted octanol–water partition coefficient (Wildman–Crippen LogP) is 7.58. The SMILES string of the molecule is O=C(Nc1ccc(Sc2nc3ccccc3s2)c(Cl)c1)c1cc(Br)cc(Br)c1O. The van der Waals surface area contributed by atoms with Crippen LogP contribution in [0.5, 0.6) is 5.75 Å². The minimum atomic E-state index is -0.438. The van der Waals surface area contributed by atoms with E-state index < -0.39 is 5.91 Å². The van der Waals surface area contributed by atoms with E-state index in [0.29, 0.717) is 19.7 Å². The van der Waals surface area contributed by atoms with Crippen LogP contribution in [0, 0.1) is 0 Å². The van der Waals surface area contributed by atoms with E-state index in [1.165, 1.54) is 11.8 Å². The average Bonchev–Trinajstić information content (AvgIpc) is 3.09. The minimum absolute atomic E-state index is 0.125. The van der Waals surface area contributed by atoms with Crippen molar-refractivity contribution < 1.29 is 9.90 Å². The normalized spacial score (nSPS) is 11.0. The second-order valence-corrected chi connectivity index (χ2v) is 10.4. The number of carbonyl (C=O) groups excluding carboxylic acids is 1. The van der Waals surface area contributed by atoms with Gasteiger partial charge >= 0.3 is 0 Å². The van der Waals surface area contributed by atoms with Gasteiger partial charge in [-0.2, -0.15) is 0 Å². The van der Waals surface area contributed by atoms with Crippen molar-refractivity contribution in [3.05, 3.63) is 74.1 Å². The molecule has 1 amide bonds. The number of anilines is 1. The fourth-order valence-electron chi connectivity index (χ4n) is 2.59. The first-order valence-corrected chi connectivity index (χ1v) is 11.8. The summed E-state index contributed by atoms with van der Waals surface area (Å²) in [7, 11) is 0. The number of phenolic OH excluding ortho intramolecular Hbond substituents is 1. The van der Waals surface area contributed by atoms with Crippen molar-refractivity contribution in [3.63, 3.8) is 0 Å². The lowest BCUT2D eigenvalue weighted by molar-refractivity contribution is 0.102. The van der Waals surface area contributed by atoms with E-state index in [2.05, 4.69) is 42.2 Å². The van der Waals surface area contributed by atoms with Crippen LogP contribution in [0.15, 0.2) is 72.8 Å². The van der Waals surface area contributed by atoms with E-state index in [-0.39, 0.29) is 11.3 Å². The van der Waals surface area contributed by atoms with Crippen LogP contribution in [0.2, 0.25) is 5.02 Å². The summed E-state index contributed by atoms with van der Waals surface area (Å²) in [5, 5.41) is 13.4. The molecule has 0 spiro atoms. The minimum Gasteiger partial charge on any atom is -0.506 e. The molecule has 0 saturated carbocycles. The molecule has 0 aliphatic rings. The van der Waals surface area contributed by atoms with Crippen molar-refractivity contribution in [3.8, 4) is 5.75 Å². The molecule has 4 nitrogen and oxygen atoms in total. The first kappa shape index (κ1) is 20.7. The summed E-state index contributed by atoms with van der Waals surface area (Å²) < 4.78 is 3.12. The van der Waals surface area contributed by atoms with Gasteiger partial charge in [0.1, 0.15) is 5.75 Å². The molecular formula is C20H11Br2ClN2O2S2. The highest BCUT2D eigenvalue weighted by molar-refractivity contribution is 9.11. The number of nitrogens with one attached hydrogen (secondary N) is 1. The first-order chi connectivity index (χ1) is 13.9. The van der Waals surface area contributed by atoms with Gasteiger partial charge in [-0.25, -0.2) is 4.98 Å². The molecule has 1 aromatic heterocycles. The molecule has 4 rings (SSSR count). The number of halogens is 3. The number of para-hydroxylation sites is 1. The quantitative estimate of drug-likeness (QED) is 0.266. The molecule has 1 heterocycles. The van der Waals surface area contributed by atoms with Gasteiger partial charge in [0.2, 0.25) is 0 Å². The maximum Gasteiger partial charge on any atom is 0.259 e. The monoisotopic (exact) mass is 568 g/mol. The van der Waals surface area contributed by atoms with Gasteiger partial charge in [-0.15, -0.1) is 11.3 Å². The number of nitrogens with zero attached hydrogens (tertiary/aromatic N) is 1. The molecule has 0 bridgehead atoms. The Morgan fingerprint density at radius 1 is 1.14 bits per heavy atom. The third kappa shape index (κ3) is 4.62. The van der Waals surface area contributed by atoms with Gasteiger partial charge in [0.05, 0.1) is 25.3 Å². The van der Waals surface area contributed by atoms with Crippen LogP contribution in [-0.4, -0.2) is 16.0 Å². The van der Waals surface area contributed by atoms with Crippen LogP contribution in [0.3, 0.4) is 0 Å². The number of amides is 1. The summed E-state index contributed by atoms with van der Waals surface area (Å²) in [6.45, 7) is 0. The number of hydrogen-bond donors (Lipinski definition) is 2. The predicted molar refractivity (Wildman–Crippen MR) is 127 cm³/mol. The van der Waals surface area contributed by atoms with Gasteiger partial charge < -0.3 is 10.4 Å². The number of fused-ring (bicyclic) bond motifs is 1. The van der Waals surface area contributed by atoms with Gasteiger partial charge in [-0.05, 0) is 58.4 Å². The molecule has 9 heteroatoms. The molecular weight excluding hydrogens is 560 g/mol. The van der Waals surface area contributed by atoms with Gasteiger partial charge in [0, 0.05) is 15.1 Å². The summed E-state index contributed by atoms with van der Waals surface area (Å²) in [5.41, 5.74) is 1.64. The Balaban J connectivity index is 1.53. The van der Waals surface area contributed by atoms with Gasteiger partial charge in [0.15, 0.2) is 4.34 Å². The second kappa shape index (κ2) is 8.65. The molecule has 0 atom stereocenters. The van der Waals surface area contributed by atoms with Crippen LogP contribution < -0.4 is 5.32 Å². The average molecular weight is 571 g/mol. The standard InChI is InChI=1S/C20H11Br2ClN2O2S2/c21-10-7-12(18(26)13(22)8-10)19(27)24-11-5-6-16(14(23)9-11)28-20-25-15-3-1-2-4-17(15)29-20/h1-9,26H,(H,24,27). The first-order valence-electron chi connectivity index (χ1n) is 8.23. The molecule has 146 valence electrons. The second-order valence-electron chi connectivity index (χ2n) is 5.93. The fraction of sp³-hybridized carbons (Fsp3) is 0. The van der Waals surface area contributed by atoms with Crippen molar-refractivity contribution in [2.45, 2.75) is 9.24 Å². The molecule has 29 heavy (non-hydrogen) atoms. The van der Waals surface area contributed by atoms with E-state index >= 15 is 0 Å². The van der Waals surface area contributed by atoms with Crippen molar-refractivity contribution in [2.75, 3.05) is 5.32 Å². The Morgan fingerprint density at radius 3 is 2.69 bits per heavy atom. The van der Waals surface area contributed by atoms with Gasteiger partial charge in [-0.3, -0.25) is 4.79 Å². The van der Waals surface area contributed by atoms with Crippen molar-refractivity contribution in [1.29, 1.82) is 0 Å². The summed E-state index contributed by atoms with van der Waals surface area (Å²) in [4.78, 5) is 18.0. The van der Waals surface area contributed by atoms with Crippen molar-refractivity contribution in [2.24, 2.45) is 0 Å². The van der Waals surface area contributed by atoms with Crippen LogP contribution in [-0.2, 0) is 0 Å². The zero-order chi connectivity index (χ0) is 20.5. The number of aromatic hydroxyl groups is 1. The van der Waals surface area contributed by atoms with E-state index in [9.17, 15) is 9.90 Å². The molecule has 3 aromatic carbocycles. The number of hydrogen-bond acceptors (Lipinski definition) is 5. The smallest absolute Gasteiger partial charge is 0.259 e. The van der Waals surface area contributed by atoms with Crippen LogP contribution in [0.4, 0.5) is 5.69 Å². The fourth-order valence-corrected chi connectivity index (χ4v) is 6.14. The van der Waals surface area contributed by atoms with Crippen molar-refractivity contribution >= 4 is 88.4 Å². The summed E-state index contributed by atoms with van der Waals surface area (Å²) in [6.07, 6.45) is 0. The van der Waals surface area contributed by atoms with Crippen LogP contribution >= 0.6 is 66.6 Å². The zero-order valence-corrected chi connectivity index (χ0v) is 20.0. The molecule has 0 radical (unpaired) electrons. The topological polar surface area (TPSA) is 62.2 Å². The number of phenols is 1. The molecule has 2 N–H and O–H groups in total. The van der Waals surface area contributed by atoms with Crippen LogP contribution in [0.1, 0.15) is 10.4 Å². The number of carbonyl (C=O) groups is 1. The highest BCUT2D eigenvalue weighted by Crippen LogP contribution is 2.39. The Hall–Kier alpha value is -1.58. The summed E-state index contributed by atoms with van der Waals surface area (Å²) in [6, 6.07) is 16.5. The van der Waals surface area contributed by atoms with E-state index in [4.69, 9.17) is 11.6 Å². The summed E-state index contributed by atoms with van der Waals surface area (Å²) in [5.74, 6) is -0.563. The Labute approximate surface area is 196 Å². The third-order valence-corrected chi connectivity index (χ3v) is 7.59. The van der Waals surface area contributed by atoms with Gasteiger partial charge in [-0.1, -0.05) is 51.4 Å². The number of thiazole rings is 1. The molecule has 4 aromatic rings. The number of aromatic nitrogens is 1.